The average molecular weight is 296 g/mol. The summed E-state index contributed by atoms with van der Waals surface area (Å²) < 4.78 is 1.03. The predicted octanol–water partition coefficient (Wildman–Crippen LogP) is 3.77. The summed E-state index contributed by atoms with van der Waals surface area (Å²) in [6, 6.07) is 7.82. The number of benzene rings is 1. The summed E-state index contributed by atoms with van der Waals surface area (Å²) in [5.74, 6) is -0.0558. The maximum Gasteiger partial charge on any atom is 0.244 e. The molecule has 0 fully saturated rings. The molecule has 0 heterocycles. The van der Waals surface area contributed by atoms with Gasteiger partial charge in [-0.05, 0) is 44.0 Å². The molecule has 1 rings (SSSR count). The first kappa shape index (κ1) is 14.0. The zero-order valence-electron chi connectivity index (χ0n) is 10.5. The molecule has 1 N–H and O–H groups in total. The molecule has 3 heteroatoms. The molecule has 0 atom stereocenters. The third-order valence-corrected chi connectivity index (χ3v) is 3.17. The molecule has 0 aliphatic heterocycles. The Labute approximate surface area is 111 Å². The molecule has 17 heavy (non-hydrogen) atoms. The second-order valence-corrected chi connectivity index (χ2v) is 5.53. The summed E-state index contributed by atoms with van der Waals surface area (Å²) in [5, 5.41) is 2.95. The van der Waals surface area contributed by atoms with Gasteiger partial charge in [0.25, 0.3) is 0 Å². The number of hydrogen-bond donors (Lipinski definition) is 1. The van der Waals surface area contributed by atoms with Gasteiger partial charge in [-0.25, -0.2) is 0 Å². The van der Waals surface area contributed by atoms with E-state index in [4.69, 9.17) is 0 Å². The highest BCUT2D eigenvalue weighted by atomic mass is 79.9. The monoisotopic (exact) mass is 295 g/mol. The van der Waals surface area contributed by atoms with Gasteiger partial charge in [-0.15, -0.1) is 0 Å². The summed E-state index contributed by atoms with van der Waals surface area (Å²) in [5.41, 5.74) is 0.860. The Morgan fingerprint density at radius 1 is 1.35 bits per heavy atom. The summed E-state index contributed by atoms with van der Waals surface area (Å²) in [4.78, 5) is 11.7. The van der Waals surface area contributed by atoms with Crippen LogP contribution in [-0.2, 0) is 4.79 Å². The van der Waals surface area contributed by atoms with E-state index < -0.39 is 0 Å². The first-order valence-electron chi connectivity index (χ1n) is 5.69. The number of rotatable bonds is 4. The molecule has 0 radical (unpaired) electrons. The molecule has 92 valence electrons. The van der Waals surface area contributed by atoms with Gasteiger partial charge in [-0.2, -0.15) is 0 Å². The van der Waals surface area contributed by atoms with Crippen LogP contribution in [0.15, 0.2) is 34.8 Å². The van der Waals surface area contributed by atoms with Gasteiger partial charge in [0.15, 0.2) is 0 Å². The maximum absolute atomic E-state index is 11.7. The minimum Gasteiger partial charge on any atom is -0.348 e. The zero-order chi connectivity index (χ0) is 12.9. The van der Waals surface area contributed by atoms with Crippen molar-refractivity contribution in [3.63, 3.8) is 0 Å². The molecule has 2 nitrogen and oxygen atoms in total. The van der Waals surface area contributed by atoms with E-state index in [1.165, 1.54) is 0 Å². The topological polar surface area (TPSA) is 29.1 Å². The second-order valence-electron chi connectivity index (χ2n) is 4.61. The summed E-state index contributed by atoms with van der Waals surface area (Å²) >= 11 is 3.37. The van der Waals surface area contributed by atoms with Crippen molar-refractivity contribution in [2.45, 2.75) is 32.7 Å². The Bertz CT molecular complexity index is 407. The van der Waals surface area contributed by atoms with Crippen LogP contribution in [0.1, 0.15) is 32.8 Å². The van der Waals surface area contributed by atoms with Gasteiger partial charge in [0.2, 0.25) is 5.91 Å². The molecule has 0 aromatic heterocycles. The van der Waals surface area contributed by atoms with Crippen LogP contribution < -0.4 is 5.32 Å². The van der Waals surface area contributed by atoms with Crippen molar-refractivity contribution < 1.29 is 4.79 Å². The molecule has 0 saturated heterocycles. The molecule has 1 aromatic carbocycles. The fourth-order valence-corrected chi connectivity index (χ4v) is 1.47. The maximum atomic E-state index is 11.7. The predicted molar refractivity (Wildman–Crippen MR) is 75.7 cm³/mol. The largest absolute Gasteiger partial charge is 0.348 e. The first-order valence-corrected chi connectivity index (χ1v) is 6.48. The molecule has 1 aromatic rings. The highest BCUT2D eigenvalue weighted by molar-refractivity contribution is 9.10. The molecule has 0 bridgehead atoms. The number of carbonyl (C=O) groups excluding carboxylic acids is 1. The molecule has 0 saturated carbocycles. The third kappa shape index (κ3) is 5.18. The van der Waals surface area contributed by atoms with E-state index >= 15 is 0 Å². The summed E-state index contributed by atoms with van der Waals surface area (Å²) in [6.45, 7) is 6.08. The molecule has 1 amide bonds. The Balaban J connectivity index is 2.60. The van der Waals surface area contributed by atoms with Crippen LogP contribution in [0.2, 0.25) is 0 Å². The zero-order valence-corrected chi connectivity index (χ0v) is 12.0. The summed E-state index contributed by atoms with van der Waals surface area (Å²) in [6.07, 6.45) is 4.29. The highest BCUT2D eigenvalue weighted by Crippen LogP contribution is 2.11. The molecule has 0 unspecified atom stereocenters. The Morgan fingerprint density at radius 3 is 2.47 bits per heavy atom. The Hall–Kier alpha value is -1.09. The van der Waals surface area contributed by atoms with Crippen LogP contribution in [0, 0.1) is 0 Å². The van der Waals surface area contributed by atoms with Gasteiger partial charge in [0.05, 0.1) is 0 Å². The third-order valence-electron chi connectivity index (χ3n) is 2.64. The van der Waals surface area contributed by atoms with Crippen LogP contribution >= 0.6 is 15.9 Å². The smallest absolute Gasteiger partial charge is 0.244 e. The fraction of sp³-hybridized carbons (Fsp3) is 0.357. The number of amides is 1. The van der Waals surface area contributed by atoms with E-state index in [1.807, 2.05) is 44.2 Å². The van der Waals surface area contributed by atoms with Gasteiger partial charge in [-0.1, -0.05) is 35.0 Å². The molecular weight excluding hydrogens is 278 g/mol. The van der Waals surface area contributed by atoms with E-state index in [1.54, 1.807) is 6.08 Å². The van der Waals surface area contributed by atoms with E-state index in [0.29, 0.717) is 0 Å². The van der Waals surface area contributed by atoms with Crippen molar-refractivity contribution >= 4 is 27.9 Å². The van der Waals surface area contributed by atoms with Crippen LogP contribution in [0.3, 0.4) is 0 Å². The lowest BCUT2D eigenvalue weighted by Crippen LogP contribution is -2.41. The van der Waals surface area contributed by atoms with E-state index in [9.17, 15) is 4.79 Å². The number of nitrogens with one attached hydrogen (secondary N) is 1. The van der Waals surface area contributed by atoms with Crippen molar-refractivity contribution in [1.82, 2.24) is 5.32 Å². The lowest BCUT2D eigenvalue weighted by molar-refractivity contribution is -0.117. The van der Waals surface area contributed by atoms with Crippen LogP contribution in [0.5, 0.6) is 0 Å². The van der Waals surface area contributed by atoms with Crippen molar-refractivity contribution in [3.05, 3.63) is 40.4 Å². The quantitative estimate of drug-likeness (QED) is 0.842. The van der Waals surface area contributed by atoms with Gasteiger partial charge in [0, 0.05) is 16.1 Å². The van der Waals surface area contributed by atoms with Crippen molar-refractivity contribution in [1.29, 1.82) is 0 Å². The first-order chi connectivity index (χ1) is 7.93. The molecule has 0 spiro atoms. The van der Waals surface area contributed by atoms with E-state index in [-0.39, 0.29) is 11.4 Å². The standard InChI is InChI=1S/C14H18BrNO/c1-4-14(2,3)16-13(17)10-7-11-5-8-12(15)9-6-11/h5-10H,4H2,1-3H3,(H,16,17)/b10-7+. The normalized spacial score (nSPS) is 11.8. The van der Waals surface area contributed by atoms with Crippen molar-refractivity contribution in [3.8, 4) is 0 Å². The van der Waals surface area contributed by atoms with E-state index in [2.05, 4.69) is 28.2 Å². The number of hydrogen-bond acceptors (Lipinski definition) is 1. The van der Waals surface area contributed by atoms with Gasteiger partial charge in [-0.3, -0.25) is 4.79 Å². The highest BCUT2D eigenvalue weighted by Gasteiger charge is 2.15. The minimum atomic E-state index is -0.152. The summed E-state index contributed by atoms with van der Waals surface area (Å²) in [7, 11) is 0. The molecule has 0 aliphatic rings. The van der Waals surface area contributed by atoms with Crippen LogP contribution in [0.25, 0.3) is 6.08 Å². The Morgan fingerprint density at radius 2 is 1.94 bits per heavy atom. The van der Waals surface area contributed by atoms with Gasteiger partial charge < -0.3 is 5.32 Å². The molecular formula is C14H18BrNO. The van der Waals surface area contributed by atoms with Crippen LogP contribution in [-0.4, -0.2) is 11.4 Å². The second kappa shape index (κ2) is 6.01. The lowest BCUT2D eigenvalue weighted by Gasteiger charge is -2.23. The minimum absolute atomic E-state index is 0.0558. The fourth-order valence-electron chi connectivity index (χ4n) is 1.21. The van der Waals surface area contributed by atoms with Gasteiger partial charge >= 0.3 is 0 Å². The molecule has 0 aliphatic carbocycles. The van der Waals surface area contributed by atoms with Gasteiger partial charge in [0.1, 0.15) is 0 Å². The lowest BCUT2D eigenvalue weighted by atomic mass is 10.0. The van der Waals surface area contributed by atoms with Crippen LogP contribution in [0.4, 0.5) is 0 Å². The number of carbonyl (C=O) groups is 1. The van der Waals surface area contributed by atoms with E-state index in [0.717, 1.165) is 16.5 Å². The van der Waals surface area contributed by atoms with Crippen molar-refractivity contribution in [2.75, 3.05) is 0 Å². The van der Waals surface area contributed by atoms with Crippen molar-refractivity contribution in [2.24, 2.45) is 0 Å². The number of halogens is 1. The Kier molecular flexibility index (Phi) is 4.94. The SMILES string of the molecule is CCC(C)(C)NC(=O)/C=C/c1ccc(Br)cc1. The average Bonchev–Trinajstić information content (AvgIpc) is 2.28.